The second-order valence-corrected chi connectivity index (χ2v) is 2.00. The third-order valence-corrected chi connectivity index (χ3v) is 1.16. The third-order valence-electron chi connectivity index (χ3n) is 1.16. The van der Waals surface area contributed by atoms with Crippen molar-refractivity contribution in [1.82, 2.24) is 4.98 Å². The Hall–Kier alpha value is -1.19. The molecule has 0 fully saturated rings. The molecular formula is C7H7F2NO. The minimum absolute atomic E-state index is 0.0116. The molecule has 1 rings (SSSR count). The van der Waals surface area contributed by atoms with E-state index in [1.165, 1.54) is 6.20 Å². The summed E-state index contributed by atoms with van der Waals surface area (Å²) in [5, 5.41) is 0. The van der Waals surface area contributed by atoms with Gasteiger partial charge in [-0.05, 0) is 13.0 Å². The zero-order chi connectivity index (χ0) is 8.27. The van der Waals surface area contributed by atoms with E-state index in [1.807, 2.05) is 0 Å². The number of ether oxygens (including phenoxy) is 1. The SMILES string of the molecule is Cc1cccnc1OC(F)F. The summed E-state index contributed by atoms with van der Waals surface area (Å²) in [5.74, 6) is -0.0116. The van der Waals surface area contributed by atoms with Gasteiger partial charge in [0.1, 0.15) is 0 Å². The van der Waals surface area contributed by atoms with Crippen molar-refractivity contribution in [2.75, 3.05) is 0 Å². The fourth-order valence-corrected chi connectivity index (χ4v) is 0.679. The van der Waals surface area contributed by atoms with Gasteiger partial charge in [0.05, 0.1) is 0 Å². The smallest absolute Gasteiger partial charge is 0.388 e. The van der Waals surface area contributed by atoms with Crippen molar-refractivity contribution >= 4 is 0 Å². The van der Waals surface area contributed by atoms with E-state index < -0.39 is 6.61 Å². The molecule has 1 aromatic rings. The van der Waals surface area contributed by atoms with Crippen LogP contribution in [0.3, 0.4) is 0 Å². The van der Waals surface area contributed by atoms with E-state index in [-0.39, 0.29) is 5.88 Å². The Kier molecular flexibility index (Phi) is 2.36. The first-order chi connectivity index (χ1) is 5.20. The van der Waals surface area contributed by atoms with Gasteiger partial charge in [0.25, 0.3) is 0 Å². The lowest BCUT2D eigenvalue weighted by atomic mass is 10.3. The maximum atomic E-state index is 11.6. The molecule has 0 aromatic carbocycles. The zero-order valence-electron chi connectivity index (χ0n) is 5.92. The van der Waals surface area contributed by atoms with Crippen molar-refractivity contribution in [3.8, 4) is 5.88 Å². The Morgan fingerprint density at radius 2 is 2.27 bits per heavy atom. The van der Waals surface area contributed by atoms with Gasteiger partial charge in [-0.25, -0.2) is 4.98 Å². The van der Waals surface area contributed by atoms with Gasteiger partial charge in [0, 0.05) is 11.8 Å². The van der Waals surface area contributed by atoms with Crippen LogP contribution >= 0.6 is 0 Å². The number of pyridine rings is 1. The molecule has 11 heavy (non-hydrogen) atoms. The molecule has 1 aromatic heterocycles. The van der Waals surface area contributed by atoms with Gasteiger partial charge >= 0.3 is 6.61 Å². The van der Waals surface area contributed by atoms with Crippen molar-refractivity contribution in [1.29, 1.82) is 0 Å². The number of hydrogen-bond donors (Lipinski definition) is 0. The number of alkyl halides is 2. The van der Waals surface area contributed by atoms with Gasteiger partial charge in [-0.3, -0.25) is 0 Å². The number of nitrogens with zero attached hydrogens (tertiary/aromatic N) is 1. The van der Waals surface area contributed by atoms with Crippen LogP contribution < -0.4 is 4.74 Å². The van der Waals surface area contributed by atoms with Gasteiger partial charge in [0.15, 0.2) is 0 Å². The fourth-order valence-electron chi connectivity index (χ4n) is 0.679. The second kappa shape index (κ2) is 3.27. The summed E-state index contributed by atoms with van der Waals surface area (Å²) in [6.45, 7) is -1.14. The first-order valence-corrected chi connectivity index (χ1v) is 3.06. The summed E-state index contributed by atoms with van der Waals surface area (Å²) < 4.78 is 27.4. The average Bonchev–Trinajstić information content (AvgIpc) is 1.93. The summed E-state index contributed by atoms with van der Waals surface area (Å²) >= 11 is 0. The number of rotatable bonds is 2. The van der Waals surface area contributed by atoms with Crippen molar-refractivity contribution in [3.63, 3.8) is 0 Å². The van der Waals surface area contributed by atoms with Crippen LogP contribution in [0.4, 0.5) is 8.78 Å². The summed E-state index contributed by atoms with van der Waals surface area (Å²) in [6, 6.07) is 3.32. The van der Waals surface area contributed by atoms with Crippen LogP contribution in [0.15, 0.2) is 18.3 Å². The molecule has 60 valence electrons. The lowest BCUT2D eigenvalue weighted by Gasteiger charge is -2.04. The Morgan fingerprint density at radius 3 is 2.82 bits per heavy atom. The lowest BCUT2D eigenvalue weighted by Crippen LogP contribution is -2.04. The molecule has 0 aliphatic heterocycles. The van der Waals surface area contributed by atoms with Crippen LogP contribution in [0.5, 0.6) is 5.88 Å². The van der Waals surface area contributed by atoms with Crippen molar-refractivity contribution in [2.24, 2.45) is 0 Å². The van der Waals surface area contributed by atoms with E-state index in [4.69, 9.17) is 0 Å². The van der Waals surface area contributed by atoms with E-state index in [1.54, 1.807) is 19.1 Å². The fraction of sp³-hybridized carbons (Fsp3) is 0.286. The molecule has 0 aliphatic rings. The van der Waals surface area contributed by atoms with Crippen LogP contribution in [-0.4, -0.2) is 11.6 Å². The van der Waals surface area contributed by atoms with E-state index in [0.717, 1.165) is 0 Å². The van der Waals surface area contributed by atoms with Crippen molar-refractivity contribution < 1.29 is 13.5 Å². The molecule has 0 radical (unpaired) electrons. The molecule has 0 atom stereocenters. The monoisotopic (exact) mass is 159 g/mol. The molecule has 0 spiro atoms. The van der Waals surface area contributed by atoms with Crippen LogP contribution in [0.1, 0.15) is 5.56 Å². The molecule has 0 bridgehead atoms. The number of hydrogen-bond acceptors (Lipinski definition) is 2. The zero-order valence-corrected chi connectivity index (χ0v) is 5.92. The Balaban J connectivity index is 2.78. The second-order valence-electron chi connectivity index (χ2n) is 2.00. The topological polar surface area (TPSA) is 22.1 Å². The van der Waals surface area contributed by atoms with E-state index in [9.17, 15) is 8.78 Å². The maximum absolute atomic E-state index is 11.6. The molecular weight excluding hydrogens is 152 g/mol. The summed E-state index contributed by atoms with van der Waals surface area (Å²) in [6.07, 6.45) is 1.41. The summed E-state index contributed by atoms with van der Waals surface area (Å²) in [4.78, 5) is 3.62. The molecule has 4 heteroatoms. The third kappa shape index (κ3) is 2.14. The van der Waals surface area contributed by atoms with E-state index in [2.05, 4.69) is 9.72 Å². The molecule has 0 aliphatic carbocycles. The molecule has 0 N–H and O–H groups in total. The standard InChI is InChI=1S/C7H7F2NO/c1-5-3-2-4-10-6(5)11-7(8)9/h2-4,7H,1H3. The Morgan fingerprint density at radius 1 is 1.55 bits per heavy atom. The van der Waals surface area contributed by atoms with Gasteiger partial charge < -0.3 is 4.74 Å². The minimum Gasteiger partial charge on any atom is -0.417 e. The van der Waals surface area contributed by atoms with Crippen LogP contribution in [-0.2, 0) is 0 Å². The highest BCUT2D eigenvalue weighted by molar-refractivity contribution is 5.23. The first-order valence-electron chi connectivity index (χ1n) is 3.06. The number of aromatic nitrogens is 1. The Labute approximate surface area is 62.8 Å². The Bertz CT molecular complexity index is 240. The highest BCUT2D eigenvalue weighted by Gasteiger charge is 2.06. The van der Waals surface area contributed by atoms with Gasteiger partial charge in [-0.2, -0.15) is 8.78 Å². The molecule has 1 heterocycles. The van der Waals surface area contributed by atoms with Crippen LogP contribution in [0, 0.1) is 6.92 Å². The van der Waals surface area contributed by atoms with Crippen molar-refractivity contribution in [2.45, 2.75) is 13.5 Å². The van der Waals surface area contributed by atoms with E-state index >= 15 is 0 Å². The van der Waals surface area contributed by atoms with Gasteiger partial charge in [-0.1, -0.05) is 6.07 Å². The quantitative estimate of drug-likeness (QED) is 0.658. The lowest BCUT2D eigenvalue weighted by molar-refractivity contribution is -0.0533. The van der Waals surface area contributed by atoms with E-state index in [0.29, 0.717) is 5.56 Å². The molecule has 0 saturated carbocycles. The van der Waals surface area contributed by atoms with Gasteiger partial charge in [0.2, 0.25) is 5.88 Å². The predicted molar refractivity (Wildman–Crippen MR) is 35.6 cm³/mol. The predicted octanol–water partition coefficient (Wildman–Crippen LogP) is 1.99. The number of aryl methyl sites for hydroxylation is 1. The first kappa shape index (κ1) is 7.91. The average molecular weight is 159 g/mol. The highest BCUT2D eigenvalue weighted by Crippen LogP contribution is 2.14. The molecule has 0 saturated heterocycles. The minimum atomic E-state index is -2.80. The number of halogens is 2. The van der Waals surface area contributed by atoms with Crippen molar-refractivity contribution in [3.05, 3.63) is 23.9 Å². The molecule has 0 amide bonds. The van der Waals surface area contributed by atoms with Crippen LogP contribution in [0.2, 0.25) is 0 Å². The normalized spacial score (nSPS) is 10.2. The molecule has 2 nitrogen and oxygen atoms in total. The van der Waals surface area contributed by atoms with Crippen LogP contribution in [0.25, 0.3) is 0 Å². The molecule has 0 unspecified atom stereocenters. The highest BCUT2D eigenvalue weighted by atomic mass is 19.3. The maximum Gasteiger partial charge on any atom is 0.388 e. The largest absolute Gasteiger partial charge is 0.417 e. The summed E-state index contributed by atoms with van der Waals surface area (Å²) in [7, 11) is 0. The summed E-state index contributed by atoms with van der Waals surface area (Å²) in [5.41, 5.74) is 0.604. The van der Waals surface area contributed by atoms with Gasteiger partial charge in [-0.15, -0.1) is 0 Å².